The molecule has 2 aromatic rings. The third kappa shape index (κ3) is 2.77. The van der Waals surface area contributed by atoms with Crippen molar-refractivity contribution in [3.63, 3.8) is 0 Å². The molecule has 0 atom stereocenters. The first-order valence-electron chi connectivity index (χ1n) is 4.91. The fourth-order valence-corrected chi connectivity index (χ4v) is 2.04. The molecular weight excluding hydrogens is 202 g/mol. The molecule has 0 aliphatic carbocycles. The van der Waals surface area contributed by atoms with E-state index in [0.717, 1.165) is 5.69 Å². The lowest BCUT2D eigenvalue weighted by Crippen LogP contribution is -1.72. The molecule has 1 aromatic carbocycles. The summed E-state index contributed by atoms with van der Waals surface area (Å²) in [6.45, 7) is 4.18. The van der Waals surface area contributed by atoms with Gasteiger partial charge in [-0.25, -0.2) is 0 Å². The molecule has 0 aliphatic heterocycles. The highest BCUT2D eigenvalue weighted by Gasteiger charge is 1.92. The minimum atomic E-state index is 1.01. The molecule has 1 heterocycles. The Morgan fingerprint density at radius 3 is 2.33 bits per heavy atom. The summed E-state index contributed by atoms with van der Waals surface area (Å²) < 4.78 is 0. The van der Waals surface area contributed by atoms with Crippen LogP contribution in [0.25, 0.3) is 0 Å². The molecule has 15 heavy (non-hydrogen) atoms. The van der Waals surface area contributed by atoms with E-state index in [-0.39, 0.29) is 0 Å². The van der Waals surface area contributed by atoms with Crippen LogP contribution < -0.4 is 0 Å². The van der Waals surface area contributed by atoms with E-state index < -0.39 is 0 Å². The Kier molecular flexibility index (Phi) is 2.97. The third-order valence-electron chi connectivity index (χ3n) is 2.14. The molecule has 0 unspecified atom stereocenters. The van der Waals surface area contributed by atoms with Crippen molar-refractivity contribution >= 4 is 23.2 Å². The zero-order valence-electron chi connectivity index (χ0n) is 8.90. The van der Waals surface area contributed by atoms with Crippen molar-refractivity contribution < 1.29 is 0 Å². The largest absolute Gasteiger partial charge is 0.255 e. The van der Waals surface area contributed by atoms with E-state index in [1.807, 2.05) is 18.3 Å². The summed E-state index contributed by atoms with van der Waals surface area (Å²) in [5, 5.41) is 0. The molecule has 0 amide bonds. The molecule has 2 heteroatoms. The van der Waals surface area contributed by atoms with Gasteiger partial charge in [-0.15, -0.1) is 11.3 Å². The topological polar surface area (TPSA) is 12.4 Å². The molecule has 76 valence electrons. The zero-order chi connectivity index (χ0) is 10.7. The van der Waals surface area contributed by atoms with Crippen molar-refractivity contribution in [1.82, 2.24) is 0 Å². The molecule has 1 aromatic heterocycles. The fourth-order valence-electron chi connectivity index (χ4n) is 1.29. The van der Waals surface area contributed by atoms with Crippen LogP contribution in [0.1, 0.15) is 15.3 Å². The van der Waals surface area contributed by atoms with Gasteiger partial charge >= 0.3 is 0 Å². The lowest BCUT2D eigenvalue weighted by atomic mass is 10.2. The summed E-state index contributed by atoms with van der Waals surface area (Å²) in [7, 11) is 0. The maximum Gasteiger partial charge on any atom is 0.0630 e. The molecule has 0 bridgehead atoms. The van der Waals surface area contributed by atoms with Crippen molar-refractivity contribution in [2.24, 2.45) is 4.99 Å². The summed E-state index contributed by atoms with van der Waals surface area (Å²) in [5.41, 5.74) is 2.27. The number of rotatable bonds is 2. The van der Waals surface area contributed by atoms with Crippen molar-refractivity contribution in [3.05, 3.63) is 51.7 Å². The summed E-state index contributed by atoms with van der Waals surface area (Å²) in [5.74, 6) is 0. The van der Waals surface area contributed by atoms with Crippen LogP contribution in [0.4, 0.5) is 5.69 Å². The highest BCUT2D eigenvalue weighted by atomic mass is 32.1. The standard InChI is InChI=1S/C13H13NS/c1-10-3-6-12(7-4-10)14-9-13-8-5-11(2)15-13/h3-9H,1-2H3. The number of nitrogens with zero attached hydrogens (tertiary/aromatic N) is 1. The molecule has 0 N–H and O–H groups in total. The maximum atomic E-state index is 4.42. The van der Waals surface area contributed by atoms with Crippen LogP contribution in [0.5, 0.6) is 0 Å². The lowest BCUT2D eigenvalue weighted by Gasteiger charge is -1.93. The van der Waals surface area contributed by atoms with E-state index in [1.54, 1.807) is 11.3 Å². The van der Waals surface area contributed by atoms with Crippen molar-refractivity contribution in [1.29, 1.82) is 0 Å². The van der Waals surface area contributed by atoms with Crippen LogP contribution in [-0.2, 0) is 0 Å². The van der Waals surface area contributed by atoms with Gasteiger partial charge < -0.3 is 0 Å². The zero-order valence-corrected chi connectivity index (χ0v) is 9.71. The van der Waals surface area contributed by atoms with Crippen molar-refractivity contribution in [3.8, 4) is 0 Å². The highest BCUT2D eigenvalue weighted by molar-refractivity contribution is 7.13. The van der Waals surface area contributed by atoms with Gasteiger partial charge in [0, 0.05) is 16.0 Å². The van der Waals surface area contributed by atoms with Crippen LogP contribution in [-0.4, -0.2) is 6.21 Å². The predicted octanol–water partition coefficient (Wildman–Crippen LogP) is 4.12. The first-order valence-corrected chi connectivity index (χ1v) is 5.73. The summed E-state index contributed by atoms with van der Waals surface area (Å²) in [4.78, 5) is 6.94. The molecule has 0 saturated carbocycles. The Labute approximate surface area is 94.1 Å². The summed E-state index contributed by atoms with van der Waals surface area (Å²) in [6.07, 6.45) is 1.92. The first kappa shape index (κ1) is 10.1. The maximum absolute atomic E-state index is 4.42. The van der Waals surface area contributed by atoms with Gasteiger partial charge in [-0.1, -0.05) is 17.7 Å². The fraction of sp³-hybridized carbons (Fsp3) is 0.154. The van der Waals surface area contributed by atoms with Gasteiger partial charge in [0.05, 0.1) is 5.69 Å². The van der Waals surface area contributed by atoms with Gasteiger partial charge in [0.1, 0.15) is 0 Å². The molecule has 0 saturated heterocycles. The predicted molar refractivity (Wildman–Crippen MR) is 67.5 cm³/mol. The van der Waals surface area contributed by atoms with E-state index >= 15 is 0 Å². The molecule has 1 nitrogen and oxygen atoms in total. The van der Waals surface area contributed by atoms with Gasteiger partial charge in [-0.3, -0.25) is 4.99 Å². The number of aliphatic imine (C=N–C) groups is 1. The molecule has 0 spiro atoms. The van der Waals surface area contributed by atoms with Crippen LogP contribution >= 0.6 is 11.3 Å². The second-order valence-electron chi connectivity index (χ2n) is 3.54. The molecular formula is C13H13NS. The lowest BCUT2D eigenvalue weighted by molar-refractivity contribution is 1.44. The van der Waals surface area contributed by atoms with E-state index in [4.69, 9.17) is 0 Å². The van der Waals surface area contributed by atoms with Gasteiger partial charge in [-0.2, -0.15) is 0 Å². The first-order chi connectivity index (χ1) is 7.24. The monoisotopic (exact) mass is 215 g/mol. The minimum absolute atomic E-state index is 1.01. The van der Waals surface area contributed by atoms with Crippen LogP contribution in [0.2, 0.25) is 0 Å². The minimum Gasteiger partial charge on any atom is -0.255 e. The second kappa shape index (κ2) is 4.41. The van der Waals surface area contributed by atoms with Crippen molar-refractivity contribution in [2.45, 2.75) is 13.8 Å². The number of hydrogen-bond donors (Lipinski definition) is 0. The Balaban J connectivity index is 2.14. The van der Waals surface area contributed by atoms with Gasteiger partial charge in [0.2, 0.25) is 0 Å². The molecule has 0 aliphatic rings. The average Bonchev–Trinajstić information content (AvgIpc) is 2.64. The SMILES string of the molecule is Cc1ccc(N=Cc2ccc(C)s2)cc1. The summed E-state index contributed by atoms with van der Waals surface area (Å²) in [6, 6.07) is 12.4. The molecule has 0 fully saturated rings. The van der Waals surface area contributed by atoms with Crippen LogP contribution in [0.3, 0.4) is 0 Å². The summed E-state index contributed by atoms with van der Waals surface area (Å²) >= 11 is 1.76. The van der Waals surface area contributed by atoms with E-state index in [2.05, 4.69) is 43.1 Å². The van der Waals surface area contributed by atoms with Gasteiger partial charge in [0.25, 0.3) is 0 Å². The van der Waals surface area contributed by atoms with Gasteiger partial charge in [-0.05, 0) is 38.1 Å². The number of benzene rings is 1. The third-order valence-corrected chi connectivity index (χ3v) is 3.07. The Morgan fingerprint density at radius 2 is 1.73 bits per heavy atom. The normalized spacial score (nSPS) is 11.1. The van der Waals surface area contributed by atoms with E-state index in [0.29, 0.717) is 0 Å². The Hall–Kier alpha value is -1.41. The van der Waals surface area contributed by atoms with E-state index in [1.165, 1.54) is 15.3 Å². The number of aryl methyl sites for hydroxylation is 2. The Morgan fingerprint density at radius 1 is 1.00 bits per heavy atom. The number of thiophene rings is 1. The van der Waals surface area contributed by atoms with E-state index in [9.17, 15) is 0 Å². The van der Waals surface area contributed by atoms with Crippen LogP contribution in [0, 0.1) is 13.8 Å². The van der Waals surface area contributed by atoms with Crippen LogP contribution in [0.15, 0.2) is 41.4 Å². The molecule has 0 radical (unpaired) electrons. The van der Waals surface area contributed by atoms with Crippen molar-refractivity contribution in [2.75, 3.05) is 0 Å². The quantitative estimate of drug-likeness (QED) is 0.668. The second-order valence-corrected chi connectivity index (χ2v) is 4.86. The number of hydrogen-bond acceptors (Lipinski definition) is 2. The smallest absolute Gasteiger partial charge is 0.0630 e. The highest BCUT2D eigenvalue weighted by Crippen LogP contribution is 2.16. The average molecular weight is 215 g/mol. The van der Waals surface area contributed by atoms with Gasteiger partial charge in [0.15, 0.2) is 0 Å². The Bertz CT molecular complexity index is 466. The molecule has 2 rings (SSSR count).